The van der Waals surface area contributed by atoms with E-state index in [0.717, 1.165) is 6.54 Å². The van der Waals surface area contributed by atoms with Crippen LogP contribution in [-0.4, -0.2) is 25.5 Å². The maximum Gasteiger partial charge on any atom is -1.00 e. The molecule has 0 aromatic heterocycles. The molecule has 1 aliphatic rings. The number of fused-ring (bicyclic) bond motifs is 1. The van der Waals surface area contributed by atoms with Gasteiger partial charge in [-0.25, -0.2) is 0 Å². The van der Waals surface area contributed by atoms with Gasteiger partial charge in [0.1, 0.15) is 0 Å². The quantitative estimate of drug-likeness (QED) is 0.527. The molecule has 0 N–H and O–H groups in total. The molecule has 0 saturated heterocycles. The molecule has 0 fully saturated rings. The van der Waals surface area contributed by atoms with Crippen molar-refractivity contribution >= 4 is 6.08 Å². The third-order valence-corrected chi connectivity index (χ3v) is 3.93. The van der Waals surface area contributed by atoms with Crippen LogP contribution in [0.2, 0.25) is 0 Å². The van der Waals surface area contributed by atoms with Crippen LogP contribution < -0.4 is 24.8 Å². The Morgan fingerprint density at radius 2 is 1.82 bits per heavy atom. The van der Waals surface area contributed by atoms with Gasteiger partial charge in [0.2, 0.25) is 0 Å². The minimum Gasteiger partial charge on any atom is -1.00 e. The Morgan fingerprint density at radius 1 is 1.18 bits per heavy atom. The third kappa shape index (κ3) is 4.12. The summed E-state index contributed by atoms with van der Waals surface area (Å²) in [6.45, 7) is 1.14. The zero-order valence-corrected chi connectivity index (χ0v) is 13.2. The molecule has 0 heterocycles. The normalized spacial score (nSPS) is 17.0. The summed E-state index contributed by atoms with van der Waals surface area (Å²) in [7, 11) is 4.26. The maximum absolute atomic E-state index is 2.36. The summed E-state index contributed by atoms with van der Waals surface area (Å²) in [5.74, 6) is 0. The van der Waals surface area contributed by atoms with Crippen LogP contribution in [0.15, 0.2) is 29.8 Å². The summed E-state index contributed by atoms with van der Waals surface area (Å²) in [5, 5.41) is 0. The second-order valence-electron chi connectivity index (χ2n) is 4.33. The number of benzene rings is 1. The smallest absolute Gasteiger partial charge is 1.00 e. The Bertz CT molecular complexity index is 391. The van der Waals surface area contributed by atoms with Crippen molar-refractivity contribution in [2.45, 2.75) is 10.6 Å². The minimum atomic E-state index is 0. The Morgan fingerprint density at radius 3 is 2.41 bits per heavy atom. The van der Waals surface area contributed by atoms with E-state index in [-0.39, 0.29) is 24.8 Å². The van der Waals surface area contributed by atoms with Gasteiger partial charge in [0, 0.05) is 0 Å². The van der Waals surface area contributed by atoms with Crippen molar-refractivity contribution in [1.82, 2.24) is 4.90 Å². The van der Waals surface area contributed by atoms with Gasteiger partial charge in [-0.05, 0) is 0 Å². The van der Waals surface area contributed by atoms with E-state index in [0.29, 0.717) is 4.22 Å². The zero-order chi connectivity index (χ0) is 10.8. The van der Waals surface area contributed by atoms with Crippen LogP contribution in [-0.2, 0) is 20.4 Å². The van der Waals surface area contributed by atoms with Crippen LogP contribution >= 0.6 is 0 Å². The van der Waals surface area contributed by atoms with Crippen molar-refractivity contribution in [3.05, 3.63) is 41.0 Å². The van der Waals surface area contributed by atoms with Gasteiger partial charge >= 0.3 is 104 Å². The molecule has 0 bridgehead atoms. The van der Waals surface area contributed by atoms with Gasteiger partial charge in [-0.1, -0.05) is 0 Å². The number of hydrogen-bond acceptors (Lipinski definition) is 1. The molecular weight excluding hydrogens is 289 g/mol. The predicted molar refractivity (Wildman–Crippen MR) is 60.3 cm³/mol. The summed E-state index contributed by atoms with van der Waals surface area (Å²) < 4.78 is 0.612. The summed E-state index contributed by atoms with van der Waals surface area (Å²) in [6.07, 6.45) is 3.55. The molecule has 0 saturated carbocycles. The van der Waals surface area contributed by atoms with E-state index in [2.05, 4.69) is 69.8 Å². The minimum absolute atomic E-state index is 0. The molecule has 0 aliphatic heterocycles. The van der Waals surface area contributed by atoms with Gasteiger partial charge in [0.05, 0.1) is 0 Å². The van der Waals surface area contributed by atoms with Crippen molar-refractivity contribution in [3.8, 4) is 0 Å². The van der Waals surface area contributed by atoms with Crippen LogP contribution in [0.1, 0.15) is 21.8 Å². The predicted octanol–water partition coefficient (Wildman–Crippen LogP) is -3.37. The molecule has 1 aromatic rings. The average Bonchev–Trinajstić information content (AvgIpc) is 2.54. The molecular formula is C13H16Cl2NTi. The van der Waals surface area contributed by atoms with Crippen LogP contribution in [0, 0.1) is 0 Å². The summed E-state index contributed by atoms with van der Waals surface area (Å²) in [6, 6.07) is 8.72. The second-order valence-corrected chi connectivity index (χ2v) is 5.24. The number of hydrogen-bond donors (Lipinski definition) is 0. The number of halogens is 2. The Kier molecular flexibility index (Phi) is 7.70. The molecule has 1 aromatic carbocycles. The van der Waals surface area contributed by atoms with E-state index >= 15 is 0 Å². The summed E-state index contributed by atoms with van der Waals surface area (Å²) in [4.78, 5) is 2.25. The van der Waals surface area contributed by atoms with Crippen LogP contribution in [0.5, 0.6) is 0 Å². The molecule has 2 rings (SSSR count). The molecule has 0 radical (unpaired) electrons. The average molecular weight is 305 g/mol. The first-order chi connectivity index (χ1) is 7.18. The van der Waals surface area contributed by atoms with Crippen LogP contribution in [0.25, 0.3) is 6.08 Å². The van der Waals surface area contributed by atoms with Gasteiger partial charge in [0.25, 0.3) is 0 Å². The fourth-order valence-electron chi connectivity index (χ4n) is 1.96. The second kappa shape index (κ2) is 7.61. The fourth-order valence-corrected chi connectivity index (χ4v) is 2.72. The molecule has 1 nitrogen and oxygen atoms in total. The standard InChI is InChI=1S/C13H16N.2ClH.Ti/c1-14(2)8-7-11-9-12-5-3-4-6-13(12)10-11;;;/h3-6,9-10H,7-8H2,1-2H3;2*1H;/q;;;+2/p-2. The topological polar surface area (TPSA) is 3.24 Å². The van der Waals surface area contributed by atoms with Crippen LogP contribution in [0.4, 0.5) is 0 Å². The Labute approximate surface area is 128 Å². The molecule has 1 unspecified atom stereocenters. The first kappa shape index (κ1) is 17.2. The number of rotatable bonds is 3. The first-order valence-corrected chi connectivity index (χ1v) is 6.24. The largest absolute Gasteiger partial charge is 1.00 e. The van der Waals surface area contributed by atoms with Gasteiger partial charge in [-0.15, -0.1) is 0 Å². The molecule has 4 heteroatoms. The monoisotopic (exact) mass is 304 g/mol. The molecule has 91 valence electrons. The molecule has 17 heavy (non-hydrogen) atoms. The maximum atomic E-state index is 2.36. The summed E-state index contributed by atoms with van der Waals surface area (Å²) in [5.41, 5.74) is 4.48. The summed E-state index contributed by atoms with van der Waals surface area (Å²) >= 11 is 2.31. The van der Waals surface area contributed by atoms with Crippen LogP contribution in [0.3, 0.4) is 0 Å². The Hall–Kier alpha value is 0.214. The van der Waals surface area contributed by atoms with E-state index in [4.69, 9.17) is 0 Å². The van der Waals surface area contributed by atoms with E-state index in [9.17, 15) is 0 Å². The van der Waals surface area contributed by atoms with Crippen molar-refractivity contribution in [3.63, 3.8) is 0 Å². The molecule has 0 amide bonds. The van der Waals surface area contributed by atoms with Crippen molar-refractivity contribution in [2.24, 2.45) is 0 Å². The van der Waals surface area contributed by atoms with Gasteiger partial charge in [0.15, 0.2) is 0 Å². The van der Waals surface area contributed by atoms with Gasteiger partial charge in [-0.2, -0.15) is 0 Å². The molecule has 1 atom stereocenters. The van der Waals surface area contributed by atoms with Crippen molar-refractivity contribution < 1.29 is 45.2 Å². The number of nitrogens with zero attached hydrogens (tertiary/aromatic N) is 1. The SMILES string of the molecule is CN(C)CCC1=Cc2ccccc2[CH]1[Ti+2].[Cl-].[Cl-]. The van der Waals surface area contributed by atoms with Crippen molar-refractivity contribution in [2.75, 3.05) is 20.6 Å². The third-order valence-electron chi connectivity index (χ3n) is 2.87. The first-order valence-electron chi connectivity index (χ1n) is 5.33. The van der Waals surface area contributed by atoms with E-state index < -0.39 is 0 Å². The van der Waals surface area contributed by atoms with Crippen molar-refractivity contribution in [1.29, 1.82) is 0 Å². The fraction of sp³-hybridized carbons (Fsp3) is 0.385. The molecule has 0 spiro atoms. The van der Waals surface area contributed by atoms with E-state index in [1.54, 1.807) is 5.57 Å². The molecule has 1 aliphatic carbocycles. The van der Waals surface area contributed by atoms with E-state index in [1.165, 1.54) is 17.5 Å². The van der Waals surface area contributed by atoms with Gasteiger partial charge in [-0.3, -0.25) is 0 Å². The Balaban J connectivity index is 0.00000128. The van der Waals surface area contributed by atoms with Gasteiger partial charge < -0.3 is 24.8 Å². The van der Waals surface area contributed by atoms with E-state index in [1.807, 2.05) is 0 Å². The zero-order valence-electron chi connectivity index (χ0n) is 10.1.